The number of amides is 1. The second kappa shape index (κ2) is 6.70. The Hall–Kier alpha value is -2.89. The van der Waals surface area contributed by atoms with Crippen LogP contribution in [0.4, 0.5) is 0 Å². The van der Waals surface area contributed by atoms with Gasteiger partial charge in [-0.25, -0.2) is 9.78 Å². The van der Waals surface area contributed by atoms with Crippen molar-refractivity contribution < 1.29 is 19.1 Å². The van der Waals surface area contributed by atoms with E-state index >= 15 is 0 Å². The molecule has 6 heteroatoms. The number of nitrogens with zero attached hydrogens (tertiary/aromatic N) is 1. The molecule has 1 N–H and O–H groups in total. The molecule has 24 heavy (non-hydrogen) atoms. The molecule has 0 aliphatic carbocycles. The second-order valence-corrected chi connectivity index (χ2v) is 5.55. The van der Waals surface area contributed by atoms with Crippen LogP contribution >= 0.6 is 0 Å². The summed E-state index contributed by atoms with van der Waals surface area (Å²) in [7, 11) is 2.94. The number of rotatable bonds is 4. The van der Waals surface area contributed by atoms with E-state index in [4.69, 9.17) is 4.74 Å². The summed E-state index contributed by atoms with van der Waals surface area (Å²) in [6, 6.07) is 7.24. The predicted octanol–water partition coefficient (Wildman–Crippen LogP) is 1.75. The Kier molecular flexibility index (Phi) is 4.46. The second-order valence-electron chi connectivity index (χ2n) is 5.55. The highest BCUT2D eigenvalue weighted by Gasteiger charge is 2.20. The Morgan fingerprint density at radius 1 is 1.29 bits per heavy atom. The lowest BCUT2D eigenvalue weighted by atomic mass is 9.94. The van der Waals surface area contributed by atoms with Crippen LogP contribution in [0.3, 0.4) is 0 Å². The Morgan fingerprint density at radius 2 is 2.12 bits per heavy atom. The van der Waals surface area contributed by atoms with E-state index in [2.05, 4.69) is 15.0 Å². The highest BCUT2D eigenvalue weighted by molar-refractivity contribution is 5.97. The lowest BCUT2D eigenvalue weighted by Crippen LogP contribution is -2.32. The van der Waals surface area contributed by atoms with E-state index in [0.29, 0.717) is 18.5 Å². The van der Waals surface area contributed by atoms with Crippen LogP contribution in [0.1, 0.15) is 37.5 Å². The van der Waals surface area contributed by atoms with Crippen molar-refractivity contribution in [1.29, 1.82) is 0 Å². The fourth-order valence-corrected chi connectivity index (χ4v) is 2.79. The zero-order valence-electron chi connectivity index (χ0n) is 13.6. The normalized spacial score (nSPS) is 13.0. The number of benzene rings is 1. The van der Waals surface area contributed by atoms with Crippen LogP contribution in [0.25, 0.3) is 0 Å². The average molecular weight is 326 g/mol. The molecule has 6 nitrogen and oxygen atoms in total. The number of nitrogens with one attached hydrogen (secondary N) is 1. The fraction of sp³-hybridized carbons (Fsp3) is 0.278. The van der Waals surface area contributed by atoms with Crippen LogP contribution in [-0.2, 0) is 17.6 Å². The number of esters is 1. The molecule has 2 heterocycles. The molecule has 0 unspecified atom stereocenters. The third-order valence-corrected chi connectivity index (χ3v) is 4.04. The van der Waals surface area contributed by atoms with Gasteiger partial charge in [0.25, 0.3) is 5.91 Å². The van der Waals surface area contributed by atoms with Crippen LogP contribution in [0.15, 0.2) is 30.5 Å². The summed E-state index contributed by atoms with van der Waals surface area (Å²) in [4.78, 5) is 27.6. The summed E-state index contributed by atoms with van der Waals surface area (Å²) in [6.07, 6.45) is 2.98. The van der Waals surface area contributed by atoms with Gasteiger partial charge >= 0.3 is 5.97 Å². The number of carbonyl (C=O) groups excluding carboxylic acids is 2. The number of hydrogen-bond acceptors (Lipinski definition) is 5. The van der Waals surface area contributed by atoms with Gasteiger partial charge in [-0.2, -0.15) is 0 Å². The van der Waals surface area contributed by atoms with Gasteiger partial charge in [-0.15, -0.1) is 0 Å². The third kappa shape index (κ3) is 3.08. The van der Waals surface area contributed by atoms with Gasteiger partial charge in [-0.05, 0) is 41.3 Å². The van der Waals surface area contributed by atoms with E-state index in [1.165, 1.54) is 7.11 Å². The third-order valence-electron chi connectivity index (χ3n) is 4.04. The van der Waals surface area contributed by atoms with Gasteiger partial charge in [0.1, 0.15) is 11.4 Å². The Bertz CT molecular complexity index is 784. The van der Waals surface area contributed by atoms with Crippen LogP contribution < -0.4 is 10.1 Å². The van der Waals surface area contributed by atoms with E-state index in [1.807, 2.05) is 18.2 Å². The average Bonchev–Trinajstić information content (AvgIpc) is 2.62. The molecule has 1 aromatic heterocycles. The molecular weight excluding hydrogens is 308 g/mol. The van der Waals surface area contributed by atoms with Crippen molar-refractivity contribution in [2.24, 2.45) is 0 Å². The van der Waals surface area contributed by atoms with E-state index < -0.39 is 5.97 Å². The topological polar surface area (TPSA) is 77.5 Å². The first-order valence-corrected chi connectivity index (χ1v) is 7.63. The summed E-state index contributed by atoms with van der Waals surface area (Å²) in [5, 5.41) is 2.85. The fourth-order valence-electron chi connectivity index (χ4n) is 2.79. The molecule has 1 aliphatic rings. The number of pyridine rings is 1. The van der Waals surface area contributed by atoms with Crippen LogP contribution in [0.2, 0.25) is 0 Å². The number of carbonyl (C=O) groups is 2. The summed E-state index contributed by atoms with van der Waals surface area (Å²) in [5.74, 6) is 0.226. The lowest BCUT2D eigenvalue weighted by molar-refractivity contribution is 0.0594. The Labute approximate surface area is 139 Å². The first kappa shape index (κ1) is 16.0. The maximum atomic E-state index is 12.0. The van der Waals surface area contributed by atoms with Crippen molar-refractivity contribution in [2.75, 3.05) is 20.8 Å². The minimum atomic E-state index is -0.468. The highest BCUT2D eigenvalue weighted by atomic mass is 16.5. The molecule has 1 amide bonds. The maximum Gasteiger partial charge on any atom is 0.356 e. The monoisotopic (exact) mass is 326 g/mol. The maximum absolute atomic E-state index is 12.0. The molecule has 0 spiro atoms. The predicted molar refractivity (Wildman–Crippen MR) is 87.4 cm³/mol. The molecule has 2 aromatic rings. The van der Waals surface area contributed by atoms with Gasteiger partial charge in [-0.3, -0.25) is 4.79 Å². The summed E-state index contributed by atoms with van der Waals surface area (Å²) >= 11 is 0. The number of aromatic nitrogens is 1. The van der Waals surface area contributed by atoms with Crippen LogP contribution in [0, 0.1) is 0 Å². The Morgan fingerprint density at radius 3 is 2.79 bits per heavy atom. The van der Waals surface area contributed by atoms with Gasteiger partial charge < -0.3 is 14.8 Å². The summed E-state index contributed by atoms with van der Waals surface area (Å²) in [6.45, 7) is 0.646. The summed E-state index contributed by atoms with van der Waals surface area (Å²) in [5.41, 5.74) is 3.77. The number of hydrogen-bond donors (Lipinski definition) is 1. The smallest absolute Gasteiger partial charge is 0.356 e. The van der Waals surface area contributed by atoms with Crippen molar-refractivity contribution in [3.05, 3.63) is 58.4 Å². The van der Waals surface area contributed by atoms with E-state index in [0.717, 1.165) is 28.9 Å². The van der Waals surface area contributed by atoms with Crippen LogP contribution in [-0.4, -0.2) is 37.6 Å². The minimum absolute atomic E-state index is 0.0562. The van der Waals surface area contributed by atoms with Crippen molar-refractivity contribution in [2.45, 2.75) is 12.8 Å². The van der Waals surface area contributed by atoms with Crippen molar-refractivity contribution in [1.82, 2.24) is 10.3 Å². The lowest BCUT2D eigenvalue weighted by Gasteiger charge is -2.19. The highest BCUT2D eigenvalue weighted by Crippen LogP contribution is 2.27. The zero-order valence-corrected chi connectivity index (χ0v) is 13.6. The van der Waals surface area contributed by atoms with Gasteiger partial charge in [0.2, 0.25) is 0 Å². The molecular formula is C18H18N2O4. The van der Waals surface area contributed by atoms with Gasteiger partial charge in [0, 0.05) is 24.7 Å². The first-order chi connectivity index (χ1) is 11.6. The van der Waals surface area contributed by atoms with Crippen molar-refractivity contribution in [3.8, 4) is 5.75 Å². The molecule has 0 bridgehead atoms. The molecule has 0 saturated heterocycles. The largest absolute Gasteiger partial charge is 0.496 e. The number of fused-ring (bicyclic) bond motifs is 1. The molecule has 3 rings (SSSR count). The van der Waals surface area contributed by atoms with Gasteiger partial charge in [0.05, 0.1) is 14.2 Å². The Balaban J connectivity index is 1.90. The van der Waals surface area contributed by atoms with Crippen molar-refractivity contribution in [3.63, 3.8) is 0 Å². The number of ether oxygens (including phenoxy) is 2. The van der Waals surface area contributed by atoms with Crippen LogP contribution in [0.5, 0.6) is 5.75 Å². The molecule has 1 aliphatic heterocycles. The number of methoxy groups -OCH3 is 2. The SMILES string of the molecule is COC(=O)c1ccc(Cc2cc3c(cc2OC)CCNC3=O)cn1. The molecule has 0 saturated carbocycles. The van der Waals surface area contributed by atoms with E-state index in [9.17, 15) is 9.59 Å². The molecule has 124 valence electrons. The molecule has 0 radical (unpaired) electrons. The molecule has 0 fully saturated rings. The zero-order chi connectivity index (χ0) is 17.1. The van der Waals surface area contributed by atoms with E-state index in [1.54, 1.807) is 19.4 Å². The van der Waals surface area contributed by atoms with Crippen molar-refractivity contribution >= 4 is 11.9 Å². The quantitative estimate of drug-likeness (QED) is 0.866. The van der Waals surface area contributed by atoms with Gasteiger partial charge in [0.15, 0.2) is 0 Å². The van der Waals surface area contributed by atoms with E-state index in [-0.39, 0.29) is 11.6 Å². The molecule has 0 atom stereocenters. The summed E-state index contributed by atoms with van der Waals surface area (Å²) < 4.78 is 10.1. The minimum Gasteiger partial charge on any atom is -0.496 e. The molecule has 1 aromatic carbocycles. The standard InChI is InChI=1S/C18H18N2O4/c1-23-16-9-12-5-6-19-17(21)14(12)8-13(16)7-11-3-4-15(20-10-11)18(22)24-2/h3-4,8-10H,5-7H2,1-2H3,(H,19,21). The van der Waals surface area contributed by atoms with Gasteiger partial charge in [-0.1, -0.05) is 6.07 Å². The first-order valence-electron chi connectivity index (χ1n) is 7.63.